The molecular formula is C60H66O12. The Bertz CT molecular complexity index is 2610. The van der Waals surface area contributed by atoms with E-state index in [0.29, 0.717) is 38.5 Å². The van der Waals surface area contributed by atoms with Gasteiger partial charge < -0.3 is 28.4 Å². The van der Waals surface area contributed by atoms with Crippen LogP contribution in [0.2, 0.25) is 0 Å². The third-order valence-electron chi connectivity index (χ3n) is 21.1. The molecule has 0 saturated heterocycles. The molecule has 0 radical (unpaired) electrons. The van der Waals surface area contributed by atoms with Crippen molar-refractivity contribution in [2.75, 3.05) is 19.8 Å². The number of allylic oxidation sites excluding steroid dienone is 9. The maximum Gasteiger partial charge on any atom is 0.329 e. The van der Waals surface area contributed by atoms with Crippen LogP contribution in [0.1, 0.15) is 171 Å². The van der Waals surface area contributed by atoms with E-state index in [-0.39, 0.29) is 19.8 Å². The van der Waals surface area contributed by atoms with E-state index in [1.165, 1.54) is 18.8 Å². The molecule has 3 fully saturated rings. The van der Waals surface area contributed by atoms with E-state index in [1.54, 1.807) is 0 Å². The van der Waals surface area contributed by atoms with Crippen LogP contribution in [0.3, 0.4) is 0 Å². The van der Waals surface area contributed by atoms with Gasteiger partial charge in [-0.15, -0.1) is 0 Å². The van der Waals surface area contributed by atoms with Crippen molar-refractivity contribution in [3.63, 3.8) is 0 Å². The van der Waals surface area contributed by atoms with Crippen molar-refractivity contribution in [2.24, 2.45) is 51.8 Å². The van der Waals surface area contributed by atoms with Gasteiger partial charge in [0.1, 0.15) is 0 Å². The van der Waals surface area contributed by atoms with Gasteiger partial charge in [0.2, 0.25) is 0 Å². The van der Waals surface area contributed by atoms with Crippen molar-refractivity contribution in [3.05, 3.63) is 87.1 Å². The highest BCUT2D eigenvalue weighted by Gasteiger charge is 3.00. The molecule has 3 heterocycles. The Kier molecular flexibility index (Phi) is 9.97. The minimum Gasteiger partial charge on any atom is -0.465 e. The summed E-state index contributed by atoms with van der Waals surface area (Å²) in [4.78, 5) is 94.3. The van der Waals surface area contributed by atoms with Crippen LogP contribution in [0.4, 0.5) is 0 Å². The maximum atomic E-state index is 15.7. The molecule has 3 aliphatic heterocycles. The number of carbonyl (C=O) groups excluding carboxylic acids is 6. The molecular weight excluding hydrogens is 913 g/mol. The number of rotatable bonds is 0. The summed E-state index contributed by atoms with van der Waals surface area (Å²) in [5.74, 6) is -7.52. The average Bonchev–Trinajstić information content (AvgIpc) is 4.25. The number of carbonyl (C=O) groups is 6. The highest BCUT2D eigenvalue weighted by Crippen LogP contribution is 2.95. The van der Waals surface area contributed by atoms with Gasteiger partial charge in [-0.25, -0.2) is 0 Å². The van der Waals surface area contributed by atoms with Gasteiger partial charge in [0.15, 0.2) is 16.2 Å². The van der Waals surface area contributed by atoms with Gasteiger partial charge in [0.25, 0.3) is 0 Å². The third kappa shape index (κ3) is 4.73. The number of ether oxygens (including phenoxy) is 6. The van der Waals surface area contributed by atoms with E-state index in [9.17, 15) is 0 Å². The zero-order valence-electron chi connectivity index (χ0n) is 42.6. The Morgan fingerprint density at radius 3 is 0.917 bits per heavy atom. The Morgan fingerprint density at radius 2 is 0.639 bits per heavy atom. The summed E-state index contributed by atoms with van der Waals surface area (Å²) in [6.45, 7) is 12.8. The van der Waals surface area contributed by atoms with Crippen LogP contribution in [-0.2, 0) is 73.4 Å². The van der Waals surface area contributed by atoms with E-state index in [1.807, 2.05) is 39.0 Å². The van der Waals surface area contributed by atoms with Crippen LogP contribution < -0.4 is 0 Å². The average molecular weight is 979 g/mol. The fourth-order valence-corrected chi connectivity index (χ4v) is 18.9. The molecule has 1 aromatic carbocycles. The minimum atomic E-state index is -1.81. The van der Waals surface area contributed by atoms with Gasteiger partial charge >= 0.3 is 35.8 Å². The molecule has 9 aliphatic carbocycles. The lowest BCUT2D eigenvalue weighted by Gasteiger charge is -2.30. The first-order valence-corrected chi connectivity index (χ1v) is 27.3. The summed E-state index contributed by atoms with van der Waals surface area (Å²) in [6, 6.07) is 0. The topological polar surface area (TPSA) is 158 Å². The first-order chi connectivity index (χ1) is 34.8. The quantitative estimate of drug-likeness (QED) is 0.138. The van der Waals surface area contributed by atoms with Gasteiger partial charge in [0, 0.05) is 34.0 Å². The third-order valence-corrected chi connectivity index (χ3v) is 21.1. The summed E-state index contributed by atoms with van der Waals surface area (Å²) >= 11 is 0. The zero-order chi connectivity index (χ0) is 50.1. The second-order valence-electron chi connectivity index (χ2n) is 23.4. The van der Waals surface area contributed by atoms with Crippen LogP contribution >= 0.6 is 0 Å². The molecule has 12 atom stereocenters. The summed E-state index contributed by atoms with van der Waals surface area (Å²) in [7, 11) is 0. The van der Waals surface area contributed by atoms with E-state index in [2.05, 4.69) is 20.8 Å². The second kappa shape index (κ2) is 15.5. The number of esters is 6. The molecule has 378 valence electrons. The Morgan fingerprint density at radius 1 is 0.375 bits per heavy atom. The van der Waals surface area contributed by atoms with Gasteiger partial charge in [-0.1, -0.05) is 76.0 Å². The highest BCUT2D eigenvalue weighted by molar-refractivity contribution is 6.21. The standard InChI is InChI=1S/C60H66O12/c1-31-37-34(4)56-44-40(37)43-41-38-32(2)48-57-36(6)39(42(44)45(41)57)33(3)47(56)59(56)50(62)68-26-20-14-9-12-18-24-30-72-54(66)60(48,57)51(63)69-27-21-15-8-10-16-22-28-70-52(64)58(46(31)55(43,58)35(38)5)49(61)67-25-19-13-7-11-17-23-29-71-53(59)65/h19-21,25-27,34-36,46-48H,7-18,22-24,28-30H2,1-6H3/t34-,35-,36-,46+,47+,48?,55+,56+,57+,58+,59-,60-/m0/s1. The zero-order valence-corrected chi connectivity index (χ0v) is 42.6. The van der Waals surface area contributed by atoms with Crippen molar-refractivity contribution < 1.29 is 57.2 Å². The highest BCUT2D eigenvalue weighted by atomic mass is 16.6. The normalized spacial score (nSPS) is 41.6. The van der Waals surface area contributed by atoms with E-state index >= 15 is 28.8 Å². The van der Waals surface area contributed by atoms with Crippen LogP contribution in [0.15, 0.2) is 53.7 Å². The Hall–Kier alpha value is -5.52. The number of cyclic esters (lactones) is 6. The lowest BCUT2D eigenvalue weighted by atomic mass is 9.71. The summed E-state index contributed by atoms with van der Waals surface area (Å²) in [5.41, 5.74) is 1.18. The molecule has 0 amide bonds. The molecule has 13 rings (SSSR count). The summed E-state index contributed by atoms with van der Waals surface area (Å²) in [6.07, 6.45) is 20.8. The van der Waals surface area contributed by atoms with Crippen LogP contribution in [-0.4, -0.2) is 55.6 Å². The molecule has 1 aromatic rings. The Balaban J connectivity index is 1.18. The van der Waals surface area contributed by atoms with Gasteiger partial charge in [-0.3, -0.25) is 28.8 Å². The first-order valence-electron chi connectivity index (χ1n) is 27.3. The summed E-state index contributed by atoms with van der Waals surface area (Å²) < 4.78 is 38.0. The largest absolute Gasteiger partial charge is 0.465 e. The molecule has 0 aromatic heterocycles. The lowest BCUT2D eigenvalue weighted by molar-refractivity contribution is -0.165. The molecule has 12 aliphatic rings. The van der Waals surface area contributed by atoms with Crippen molar-refractivity contribution in [1.82, 2.24) is 0 Å². The van der Waals surface area contributed by atoms with Crippen molar-refractivity contribution in [1.29, 1.82) is 0 Å². The van der Waals surface area contributed by atoms with Crippen LogP contribution in [0.5, 0.6) is 0 Å². The van der Waals surface area contributed by atoms with Crippen LogP contribution in [0, 0.1) is 51.8 Å². The van der Waals surface area contributed by atoms with Gasteiger partial charge in [-0.2, -0.15) is 0 Å². The molecule has 3 saturated carbocycles. The SMILES string of the molecule is CC1=C2c3c4c5c6c7c3[C@]38C1[C@@]31C(=O)OC=CCCCCCCOC(=O)[C@]39C(=O)OC=CCCCCCCOC(=O)[C@@]%10(C(=O)OC=CCCCCCCOC1=O)[C@H](C(C)=C7[C@@H]8C)[C@@]6%10[C@@H](C)C5=C(C)[C@@H]3[C@@]49[C@H]2C. The smallest absolute Gasteiger partial charge is 0.329 e. The molecule has 1 unspecified atom stereocenters. The predicted molar refractivity (Wildman–Crippen MR) is 262 cm³/mol. The van der Waals surface area contributed by atoms with Crippen LogP contribution in [0.25, 0.3) is 16.7 Å². The van der Waals surface area contributed by atoms with Crippen molar-refractivity contribution in [3.8, 4) is 0 Å². The number of hydrogen-bond donors (Lipinski definition) is 0. The van der Waals surface area contributed by atoms with E-state index in [0.717, 1.165) is 125 Å². The molecule has 0 N–H and O–H groups in total. The second-order valence-corrected chi connectivity index (χ2v) is 23.4. The molecule has 6 spiro atoms. The molecule has 12 heteroatoms. The van der Waals surface area contributed by atoms with E-state index < -0.39 is 104 Å². The minimum absolute atomic E-state index is 0.129. The first kappa shape index (κ1) is 46.3. The summed E-state index contributed by atoms with van der Waals surface area (Å²) in [5, 5.41) is 0. The predicted octanol–water partition coefficient (Wildman–Crippen LogP) is 10.3. The number of benzene rings is 1. The van der Waals surface area contributed by atoms with Crippen molar-refractivity contribution in [2.45, 2.75) is 154 Å². The van der Waals surface area contributed by atoms with Gasteiger partial charge in [-0.05, 0) is 165 Å². The fraction of sp³-hybridized carbons (Fsp3) is 0.600. The van der Waals surface area contributed by atoms with E-state index in [4.69, 9.17) is 28.4 Å². The maximum absolute atomic E-state index is 15.7. The number of hydrogen-bond acceptors (Lipinski definition) is 12. The monoisotopic (exact) mass is 978 g/mol. The molecule has 9 bridgehead atoms. The Labute approximate surface area is 421 Å². The van der Waals surface area contributed by atoms with Gasteiger partial charge in [0.05, 0.1) is 38.6 Å². The van der Waals surface area contributed by atoms with Crippen molar-refractivity contribution >= 4 is 52.5 Å². The lowest BCUT2D eigenvalue weighted by Crippen LogP contribution is -2.39. The molecule has 72 heavy (non-hydrogen) atoms. The molecule has 12 nitrogen and oxygen atoms in total. The fourth-order valence-electron chi connectivity index (χ4n) is 18.9.